The van der Waals surface area contributed by atoms with E-state index in [2.05, 4.69) is 19.2 Å². The van der Waals surface area contributed by atoms with Gasteiger partial charge in [-0.3, -0.25) is 9.59 Å². The molecule has 0 aliphatic heterocycles. The predicted molar refractivity (Wildman–Crippen MR) is 69.4 cm³/mol. The summed E-state index contributed by atoms with van der Waals surface area (Å²) in [6.45, 7) is 4.62. The monoisotopic (exact) mass is 269 g/mol. The van der Waals surface area contributed by atoms with Crippen molar-refractivity contribution in [3.63, 3.8) is 0 Å². The minimum Gasteiger partial charge on any atom is -0.481 e. The van der Waals surface area contributed by atoms with E-state index in [1.807, 2.05) is 0 Å². The molecule has 2 aliphatic rings. The fourth-order valence-corrected chi connectivity index (χ4v) is 2.71. The maximum Gasteiger partial charge on any atom is 0.307 e. The molecule has 0 bridgehead atoms. The van der Waals surface area contributed by atoms with Crippen LogP contribution < -0.4 is 5.32 Å². The molecule has 1 amide bonds. The zero-order chi connectivity index (χ0) is 14.3. The smallest absolute Gasteiger partial charge is 0.307 e. The van der Waals surface area contributed by atoms with E-state index in [9.17, 15) is 14.7 Å². The molecule has 5 nitrogen and oxygen atoms in total. The van der Waals surface area contributed by atoms with Gasteiger partial charge in [0.2, 0.25) is 5.91 Å². The fourth-order valence-electron chi connectivity index (χ4n) is 2.71. The van der Waals surface area contributed by atoms with E-state index in [1.165, 1.54) is 0 Å². The molecule has 19 heavy (non-hydrogen) atoms. The van der Waals surface area contributed by atoms with Crippen LogP contribution in [0.1, 0.15) is 46.0 Å². The summed E-state index contributed by atoms with van der Waals surface area (Å²) < 4.78 is 0. The number of carbonyl (C=O) groups excluding carboxylic acids is 1. The number of aliphatic hydroxyl groups is 1. The van der Waals surface area contributed by atoms with Crippen molar-refractivity contribution in [3.8, 4) is 0 Å². The van der Waals surface area contributed by atoms with E-state index in [1.54, 1.807) is 0 Å². The topological polar surface area (TPSA) is 86.6 Å². The van der Waals surface area contributed by atoms with E-state index in [-0.39, 0.29) is 17.9 Å². The van der Waals surface area contributed by atoms with Gasteiger partial charge >= 0.3 is 5.97 Å². The Hall–Kier alpha value is -1.10. The van der Waals surface area contributed by atoms with Crippen LogP contribution >= 0.6 is 0 Å². The van der Waals surface area contributed by atoms with Crippen molar-refractivity contribution in [1.29, 1.82) is 0 Å². The summed E-state index contributed by atoms with van der Waals surface area (Å²) in [7, 11) is 0. The van der Waals surface area contributed by atoms with Gasteiger partial charge in [-0.1, -0.05) is 13.8 Å². The fraction of sp³-hybridized carbons (Fsp3) is 0.857. The van der Waals surface area contributed by atoms with Crippen LogP contribution in [0.5, 0.6) is 0 Å². The summed E-state index contributed by atoms with van der Waals surface area (Å²) in [6.07, 6.45) is 3.69. The number of rotatable bonds is 4. The first-order valence-corrected chi connectivity index (χ1v) is 6.95. The standard InChI is InChI=1S/C14H23NO4/c1-13(2)3-5-14(19,6-4-13)8-15-11(16)9-7-10(9)12(17)18/h9-10,19H,3-8H2,1-2H3,(H,15,16)(H,17,18)/t9-,10+/m1/s1. The highest BCUT2D eigenvalue weighted by molar-refractivity contribution is 5.89. The van der Waals surface area contributed by atoms with Gasteiger partial charge in [0.15, 0.2) is 0 Å². The summed E-state index contributed by atoms with van der Waals surface area (Å²) >= 11 is 0. The van der Waals surface area contributed by atoms with Gasteiger partial charge in [-0.25, -0.2) is 0 Å². The number of hydrogen-bond donors (Lipinski definition) is 3. The van der Waals surface area contributed by atoms with Crippen molar-refractivity contribution >= 4 is 11.9 Å². The minimum atomic E-state index is -0.904. The van der Waals surface area contributed by atoms with Gasteiger partial charge in [0.05, 0.1) is 17.4 Å². The molecule has 0 aromatic carbocycles. The predicted octanol–water partition coefficient (Wildman–Crippen LogP) is 1.15. The van der Waals surface area contributed by atoms with Crippen LogP contribution in [0.2, 0.25) is 0 Å². The lowest BCUT2D eigenvalue weighted by molar-refractivity contribution is -0.140. The summed E-state index contributed by atoms with van der Waals surface area (Å²) in [4.78, 5) is 22.4. The zero-order valence-electron chi connectivity index (χ0n) is 11.6. The Bertz CT molecular complexity index is 381. The van der Waals surface area contributed by atoms with E-state index in [4.69, 9.17) is 5.11 Å². The number of carbonyl (C=O) groups is 2. The number of nitrogens with one attached hydrogen (secondary N) is 1. The van der Waals surface area contributed by atoms with E-state index in [0.29, 0.717) is 19.3 Å². The van der Waals surface area contributed by atoms with Crippen LogP contribution in [0.15, 0.2) is 0 Å². The van der Waals surface area contributed by atoms with Gasteiger partial charge in [0.1, 0.15) is 0 Å². The molecule has 0 aromatic rings. The maximum absolute atomic E-state index is 11.7. The molecule has 2 rings (SSSR count). The second-order valence-corrected chi connectivity index (χ2v) is 6.89. The number of carboxylic acids is 1. The summed E-state index contributed by atoms with van der Waals surface area (Å²) in [6, 6.07) is 0. The van der Waals surface area contributed by atoms with Gasteiger partial charge < -0.3 is 15.5 Å². The second-order valence-electron chi connectivity index (χ2n) is 6.89. The van der Waals surface area contributed by atoms with Gasteiger partial charge in [0.25, 0.3) is 0 Å². The van der Waals surface area contributed by atoms with Crippen molar-refractivity contribution in [2.75, 3.05) is 6.54 Å². The zero-order valence-corrected chi connectivity index (χ0v) is 11.6. The molecule has 0 heterocycles. The third-order valence-electron chi connectivity index (χ3n) is 4.57. The Morgan fingerprint density at radius 3 is 2.21 bits per heavy atom. The Labute approximate surface area is 113 Å². The third-order valence-corrected chi connectivity index (χ3v) is 4.57. The summed E-state index contributed by atoms with van der Waals surface area (Å²) in [5.74, 6) is -2.06. The van der Waals surface area contributed by atoms with Gasteiger partial charge in [-0.15, -0.1) is 0 Å². The molecule has 0 spiro atoms. The SMILES string of the molecule is CC1(C)CCC(O)(CNC(=O)[C@@H]2C[C@@H]2C(=O)O)CC1. The lowest BCUT2D eigenvalue weighted by Gasteiger charge is -2.40. The number of hydrogen-bond acceptors (Lipinski definition) is 3. The van der Waals surface area contributed by atoms with E-state index >= 15 is 0 Å². The first-order chi connectivity index (χ1) is 8.72. The van der Waals surface area contributed by atoms with Crippen LogP contribution in [0.3, 0.4) is 0 Å². The van der Waals surface area contributed by atoms with E-state index < -0.39 is 23.4 Å². The van der Waals surface area contributed by atoms with Crippen LogP contribution in [0.4, 0.5) is 0 Å². The Balaban J connectivity index is 1.77. The molecule has 2 fully saturated rings. The summed E-state index contributed by atoms with van der Waals surface area (Å²) in [5.41, 5.74) is -0.556. The highest BCUT2D eigenvalue weighted by Gasteiger charge is 2.48. The average molecular weight is 269 g/mol. The summed E-state index contributed by atoms with van der Waals surface area (Å²) in [5, 5.41) is 21.9. The van der Waals surface area contributed by atoms with Crippen LogP contribution in [-0.4, -0.2) is 34.2 Å². The van der Waals surface area contributed by atoms with Crippen molar-refractivity contribution in [3.05, 3.63) is 0 Å². The molecule has 0 unspecified atom stereocenters. The van der Waals surface area contributed by atoms with Crippen molar-refractivity contribution < 1.29 is 19.8 Å². The molecule has 2 aliphatic carbocycles. The molecule has 108 valence electrons. The molecule has 2 atom stereocenters. The minimum absolute atomic E-state index is 0.231. The van der Waals surface area contributed by atoms with Crippen LogP contribution in [0.25, 0.3) is 0 Å². The lowest BCUT2D eigenvalue weighted by Crippen LogP contribution is -2.47. The molecular weight excluding hydrogens is 246 g/mol. The Morgan fingerprint density at radius 2 is 1.74 bits per heavy atom. The highest BCUT2D eigenvalue weighted by atomic mass is 16.4. The number of aliphatic carboxylic acids is 1. The van der Waals surface area contributed by atoms with Crippen LogP contribution in [-0.2, 0) is 9.59 Å². The van der Waals surface area contributed by atoms with Gasteiger partial charge in [-0.2, -0.15) is 0 Å². The maximum atomic E-state index is 11.7. The first-order valence-electron chi connectivity index (χ1n) is 6.95. The number of carboxylic acid groups (broad SMARTS) is 1. The highest BCUT2D eigenvalue weighted by Crippen LogP contribution is 2.41. The van der Waals surface area contributed by atoms with Gasteiger partial charge in [0, 0.05) is 6.54 Å². The quantitative estimate of drug-likeness (QED) is 0.714. The van der Waals surface area contributed by atoms with Gasteiger partial charge in [-0.05, 0) is 37.5 Å². The molecule has 0 saturated heterocycles. The first kappa shape index (κ1) is 14.3. The van der Waals surface area contributed by atoms with Crippen molar-refractivity contribution in [1.82, 2.24) is 5.32 Å². The van der Waals surface area contributed by atoms with Crippen molar-refractivity contribution in [2.45, 2.75) is 51.6 Å². The normalized spacial score (nSPS) is 31.5. The van der Waals surface area contributed by atoms with Crippen LogP contribution in [0, 0.1) is 17.3 Å². The second kappa shape index (κ2) is 4.78. The number of amides is 1. The third kappa shape index (κ3) is 3.47. The molecule has 0 aromatic heterocycles. The average Bonchev–Trinajstić information content (AvgIpc) is 3.11. The Kier molecular flexibility index (Phi) is 3.60. The molecule has 2 saturated carbocycles. The lowest BCUT2D eigenvalue weighted by atomic mass is 9.71. The molecule has 3 N–H and O–H groups in total. The molecule has 0 radical (unpaired) electrons. The molecule has 5 heteroatoms. The van der Waals surface area contributed by atoms with E-state index in [0.717, 1.165) is 12.8 Å². The Morgan fingerprint density at radius 1 is 1.16 bits per heavy atom. The largest absolute Gasteiger partial charge is 0.481 e. The van der Waals surface area contributed by atoms with Crippen molar-refractivity contribution in [2.24, 2.45) is 17.3 Å². The molecular formula is C14H23NO4.